The lowest BCUT2D eigenvalue weighted by Crippen LogP contribution is -2.50. The van der Waals surface area contributed by atoms with Crippen LogP contribution in [-0.4, -0.2) is 60.7 Å². The van der Waals surface area contributed by atoms with Gasteiger partial charge in [0.05, 0.1) is 6.42 Å². The molecule has 146 valence electrons. The van der Waals surface area contributed by atoms with E-state index in [-0.39, 0.29) is 17.7 Å². The Morgan fingerprint density at radius 3 is 2.33 bits per heavy atom. The average molecular weight is 371 g/mol. The summed E-state index contributed by atoms with van der Waals surface area (Å²) >= 11 is 0. The molecule has 2 heterocycles. The minimum absolute atomic E-state index is 0.107. The first-order valence-electron chi connectivity index (χ1n) is 9.93. The first-order chi connectivity index (χ1) is 13.0. The largest absolute Gasteiger partial charge is 0.339 e. The Balaban J connectivity index is 1.54. The number of carbonyl (C=O) groups excluding carboxylic acids is 3. The molecule has 6 heteroatoms. The number of carbonyl (C=O) groups is 3. The second kappa shape index (κ2) is 8.55. The van der Waals surface area contributed by atoms with Crippen LogP contribution in [-0.2, 0) is 27.2 Å². The first-order valence-corrected chi connectivity index (χ1v) is 9.93. The van der Waals surface area contributed by atoms with Crippen LogP contribution in [0.2, 0.25) is 0 Å². The summed E-state index contributed by atoms with van der Waals surface area (Å²) < 4.78 is 0. The minimum Gasteiger partial charge on any atom is -0.339 e. The molecule has 3 amide bonds. The number of aryl methyl sites for hydroxylation is 1. The zero-order valence-electron chi connectivity index (χ0n) is 16.4. The zero-order chi connectivity index (χ0) is 19.4. The number of unbranched alkanes of at least 4 members (excludes halogenated alkanes) is 1. The minimum atomic E-state index is 0.107. The molecule has 0 unspecified atom stereocenters. The fourth-order valence-corrected chi connectivity index (χ4v) is 3.80. The molecule has 0 radical (unpaired) electrons. The first kappa shape index (κ1) is 19.4. The number of fused-ring (bicyclic) bond motifs is 1. The smallest absolute Gasteiger partial charge is 0.227 e. The summed E-state index contributed by atoms with van der Waals surface area (Å²) in [6.45, 7) is 4.56. The number of nitrogens with zero attached hydrogens (tertiary/aromatic N) is 3. The predicted molar refractivity (Wildman–Crippen MR) is 105 cm³/mol. The lowest BCUT2D eigenvalue weighted by atomic mass is 9.98. The highest BCUT2D eigenvalue weighted by molar-refractivity contribution is 5.96. The fourth-order valence-electron chi connectivity index (χ4n) is 3.80. The van der Waals surface area contributed by atoms with Gasteiger partial charge in [-0.15, -0.1) is 0 Å². The quantitative estimate of drug-likeness (QED) is 0.795. The van der Waals surface area contributed by atoms with Gasteiger partial charge in [-0.2, -0.15) is 0 Å². The van der Waals surface area contributed by atoms with Crippen molar-refractivity contribution >= 4 is 23.4 Å². The summed E-state index contributed by atoms with van der Waals surface area (Å²) in [4.78, 5) is 42.0. The highest BCUT2D eigenvalue weighted by atomic mass is 16.2. The van der Waals surface area contributed by atoms with E-state index >= 15 is 0 Å². The molecule has 2 aliphatic heterocycles. The molecule has 0 aromatic heterocycles. The molecule has 3 rings (SSSR count). The number of piperazine rings is 1. The Hall–Kier alpha value is -2.37. The molecular weight excluding hydrogens is 342 g/mol. The van der Waals surface area contributed by atoms with E-state index in [4.69, 9.17) is 0 Å². The summed E-state index contributed by atoms with van der Waals surface area (Å²) in [6.07, 6.45) is 4.19. The van der Waals surface area contributed by atoms with Crippen LogP contribution >= 0.6 is 0 Å². The topological polar surface area (TPSA) is 60.9 Å². The maximum atomic E-state index is 12.7. The van der Waals surface area contributed by atoms with Gasteiger partial charge in [0.1, 0.15) is 0 Å². The summed E-state index contributed by atoms with van der Waals surface area (Å²) in [6, 6.07) is 5.94. The van der Waals surface area contributed by atoms with Crippen molar-refractivity contribution in [2.24, 2.45) is 0 Å². The van der Waals surface area contributed by atoms with Crippen molar-refractivity contribution in [2.45, 2.75) is 45.4 Å². The third-order valence-corrected chi connectivity index (χ3v) is 5.57. The van der Waals surface area contributed by atoms with Gasteiger partial charge in [0.2, 0.25) is 17.7 Å². The van der Waals surface area contributed by atoms with Crippen LogP contribution in [0.25, 0.3) is 0 Å². The van der Waals surface area contributed by atoms with Gasteiger partial charge in [0, 0.05) is 51.8 Å². The van der Waals surface area contributed by atoms with Gasteiger partial charge >= 0.3 is 0 Å². The molecule has 0 N–H and O–H groups in total. The highest BCUT2D eigenvalue weighted by Crippen LogP contribution is 2.27. The number of anilines is 1. The van der Waals surface area contributed by atoms with Crippen LogP contribution in [0, 0.1) is 0 Å². The maximum absolute atomic E-state index is 12.7. The van der Waals surface area contributed by atoms with E-state index in [1.165, 1.54) is 0 Å². The van der Waals surface area contributed by atoms with Gasteiger partial charge in [-0.25, -0.2) is 0 Å². The summed E-state index contributed by atoms with van der Waals surface area (Å²) in [5.74, 6) is 0.450. The van der Waals surface area contributed by atoms with Gasteiger partial charge < -0.3 is 14.7 Å². The van der Waals surface area contributed by atoms with Crippen LogP contribution in [0.5, 0.6) is 0 Å². The van der Waals surface area contributed by atoms with Crippen molar-refractivity contribution in [1.82, 2.24) is 9.80 Å². The van der Waals surface area contributed by atoms with E-state index in [1.54, 1.807) is 11.9 Å². The van der Waals surface area contributed by atoms with Crippen molar-refractivity contribution in [3.63, 3.8) is 0 Å². The summed E-state index contributed by atoms with van der Waals surface area (Å²) in [7, 11) is 1.80. The van der Waals surface area contributed by atoms with E-state index in [2.05, 4.69) is 13.0 Å². The molecule has 2 aliphatic rings. The second-order valence-corrected chi connectivity index (χ2v) is 7.46. The Kier molecular flexibility index (Phi) is 6.14. The molecule has 27 heavy (non-hydrogen) atoms. The molecule has 0 bridgehead atoms. The van der Waals surface area contributed by atoms with Gasteiger partial charge in [-0.05, 0) is 30.0 Å². The number of hydrogen-bond donors (Lipinski definition) is 0. The van der Waals surface area contributed by atoms with Crippen LogP contribution in [0.1, 0.15) is 43.7 Å². The summed E-state index contributed by atoms with van der Waals surface area (Å²) in [5, 5.41) is 0. The standard InChI is InChI=1S/C21H29N3O3/c1-3-4-5-20(26)23-10-12-24(13-11-23)21(27)15-16-6-8-18-17(14-16)7-9-19(25)22(18)2/h6,8,14H,3-5,7,9-13,15H2,1-2H3. The van der Waals surface area contributed by atoms with Crippen LogP contribution in [0.4, 0.5) is 5.69 Å². The Morgan fingerprint density at radius 1 is 1.00 bits per heavy atom. The van der Waals surface area contributed by atoms with Crippen molar-refractivity contribution in [2.75, 3.05) is 38.1 Å². The normalized spacial score (nSPS) is 17.1. The SMILES string of the molecule is CCCCC(=O)N1CCN(C(=O)Cc2ccc3c(c2)CCC(=O)N3C)CC1. The maximum Gasteiger partial charge on any atom is 0.227 e. The van der Waals surface area contributed by atoms with Gasteiger partial charge in [0.25, 0.3) is 0 Å². The lowest BCUT2D eigenvalue weighted by molar-refractivity contribution is -0.139. The molecule has 1 aromatic carbocycles. The van der Waals surface area contributed by atoms with Crippen molar-refractivity contribution in [3.8, 4) is 0 Å². The Labute approximate surface area is 161 Å². The number of hydrogen-bond acceptors (Lipinski definition) is 3. The highest BCUT2D eigenvalue weighted by Gasteiger charge is 2.25. The third-order valence-electron chi connectivity index (χ3n) is 5.57. The zero-order valence-corrected chi connectivity index (χ0v) is 16.4. The monoisotopic (exact) mass is 371 g/mol. The van der Waals surface area contributed by atoms with Crippen LogP contribution in [0.15, 0.2) is 18.2 Å². The molecule has 1 fully saturated rings. The number of amides is 3. The molecular formula is C21H29N3O3. The van der Waals surface area contributed by atoms with Crippen molar-refractivity contribution in [3.05, 3.63) is 29.3 Å². The molecule has 0 aliphatic carbocycles. The van der Waals surface area contributed by atoms with Crippen LogP contribution in [0.3, 0.4) is 0 Å². The molecule has 1 aromatic rings. The van der Waals surface area contributed by atoms with Gasteiger partial charge in [0.15, 0.2) is 0 Å². The van der Waals surface area contributed by atoms with Crippen molar-refractivity contribution < 1.29 is 14.4 Å². The second-order valence-electron chi connectivity index (χ2n) is 7.46. The Morgan fingerprint density at radius 2 is 1.67 bits per heavy atom. The van der Waals surface area contributed by atoms with Gasteiger partial charge in [-0.3, -0.25) is 14.4 Å². The van der Waals surface area contributed by atoms with E-state index in [0.717, 1.165) is 36.1 Å². The third kappa shape index (κ3) is 4.49. The van der Waals surface area contributed by atoms with Crippen LogP contribution < -0.4 is 4.90 Å². The Bertz CT molecular complexity index is 723. The molecule has 0 saturated carbocycles. The van der Waals surface area contributed by atoms with Gasteiger partial charge in [-0.1, -0.05) is 25.5 Å². The predicted octanol–water partition coefficient (Wildman–Crippen LogP) is 2.00. The number of rotatable bonds is 5. The number of benzene rings is 1. The van der Waals surface area contributed by atoms with E-state index < -0.39 is 0 Å². The van der Waals surface area contributed by atoms with E-state index in [1.807, 2.05) is 21.9 Å². The summed E-state index contributed by atoms with van der Waals surface area (Å²) in [5.41, 5.74) is 3.07. The molecule has 0 atom stereocenters. The molecule has 6 nitrogen and oxygen atoms in total. The lowest BCUT2D eigenvalue weighted by Gasteiger charge is -2.35. The van der Waals surface area contributed by atoms with E-state index in [0.29, 0.717) is 45.4 Å². The fraction of sp³-hybridized carbons (Fsp3) is 0.571. The average Bonchev–Trinajstić information content (AvgIpc) is 2.69. The van der Waals surface area contributed by atoms with Crippen molar-refractivity contribution in [1.29, 1.82) is 0 Å². The molecule has 1 saturated heterocycles. The van der Waals surface area contributed by atoms with E-state index in [9.17, 15) is 14.4 Å². The molecule has 0 spiro atoms.